The third-order valence-corrected chi connectivity index (χ3v) is 4.09. The van der Waals surface area contributed by atoms with Crippen LogP contribution in [0.25, 0.3) is 0 Å². The van der Waals surface area contributed by atoms with Crippen LogP contribution in [0.4, 0.5) is 22.0 Å². The number of rotatable bonds is 6. The zero-order valence-electron chi connectivity index (χ0n) is 15.2. The molecule has 3 aromatic rings. The Bertz CT molecular complexity index is 1010. The van der Waals surface area contributed by atoms with Crippen molar-refractivity contribution < 1.29 is 4.79 Å². The second-order valence-electron chi connectivity index (χ2n) is 6.05. The minimum Gasteiger partial charge on any atom is -0.354 e. The first-order valence-corrected chi connectivity index (χ1v) is 8.91. The van der Waals surface area contributed by atoms with Gasteiger partial charge in [0.15, 0.2) is 0 Å². The van der Waals surface area contributed by atoms with E-state index in [4.69, 9.17) is 17.0 Å². The molecule has 0 saturated carbocycles. The predicted molar refractivity (Wildman–Crippen MR) is 112 cm³/mol. The number of hydrogen-bond donors (Lipinski definition) is 4. The third-order valence-electron chi connectivity index (χ3n) is 3.85. The molecular formula is C20H19ClN6O. The lowest BCUT2D eigenvalue weighted by molar-refractivity contribution is 0.251. The van der Waals surface area contributed by atoms with Crippen molar-refractivity contribution in [1.82, 2.24) is 15.3 Å². The number of aromatic nitrogens is 2. The molecule has 8 heteroatoms. The lowest BCUT2D eigenvalue weighted by Crippen LogP contribution is -2.28. The molecule has 0 unspecified atom stereocenters. The van der Waals surface area contributed by atoms with E-state index in [1.165, 1.54) is 6.21 Å². The van der Waals surface area contributed by atoms with Crippen molar-refractivity contribution in [1.29, 1.82) is 5.41 Å². The van der Waals surface area contributed by atoms with Gasteiger partial charge in [0.25, 0.3) is 0 Å². The number of carbonyl (C=O) groups excluding carboxylic acids is 1. The van der Waals surface area contributed by atoms with E-state index in [-0.39, 0.29) is 0 Å². The summed E-state index contributed by atoms with van der Waals surface area (Å²) in [5.41, 5.74) is 3.87. The van der Waals surface area contributed by atoms with Gasteiger partial charge in [-0.05, 0) is 42.8 Å². The highest BCUT2D eigenvalue weighted by Gasteiger charge is 2.08. The van der Waals surface area contributed by atoms with Crippen LogP contribution < -0.4 is 16.0 Å². The van der Waals surface area contributed by atoms with E-state index in [0.717, 1.165) is 16.9 Å². The van der Waals surface area contributed by atoms with Gasteiger partial charge >= 0.3 is 6.03 Å². The minimum atomic E-state index is -0.395. The molecule has 0 aliphatic carbocycles. The molecule has 0 aliphatic rings. The van der Waals surface area contributed by atoms with E-state index in [1.807, 2.05) is 31.2 Å². The monoisotopic (exact) mass is 394 g/mol. The largest absolute Gasteiger partial charge is 0.354 e. The predicted octanol–water partition coefficient (Wildman–Crippen LogP) is 4.50. The Morgan fingerprint density at radius 2 is 2.07 bits per heavy atom. The fraction of sp³-hybridized carbons (Fsp3) is 0.100. The summed E-state index contributed by atoms with van der Waals surface area (Å²) in [6, 6.07) is 12.2. The van der Waals surface area contributed by atoms with Crippen molar-refractivity contribution in [3.05, 3.63) is 76.7 Å². The zero-order valence-corrected chi connectivity index (χ0v) is 15.9. The molecule has 0 aliphatic heterocycles. The second-order valence-corrected chi connectivity index (χ2v) is 6.49. The van der Waals surface area contributed by atoms with E-state index in [1.54, 1.807) is 30.6 Å². The average Bonchev–Trinajstić information content (AvgIpc) is 2.68. The molecule has 4 N–H and O–H groups in total. The van der Waals surface area contributed by atoms with Crippen LogP contribution in [-0.2, 0) is 6.54 Å². The van der Waals surface area contributed by atoms with E-state index < -0.39 is 6.03 Å². The Balaban J connectivity index is 1.64. The summed E-state index contributed by atoms with van der Waals surface area (Å²) in [5, 5.41) is 16.9. The van der Waals surface area contributed by atoms with Gasteiger partial charge in [-0.25, -0.2) is 9.78 Å². The first-order valence-electron chi connectivity index (χ1n) is 8.53. The fourth-order valence-electron chi connectivity index (χ4n) is 2.53. The van der Waals surface area contributed by atoms with Crippen molar-refractivity contribution in [2.75, 3.05) is 10.6 Å². The molecule has 0 fully saturated rings. The number of aryl methyl sites for hydroxylation is 1. The van der Waals surface area contributed by atoms with Crippen LogP contribution in [0.2, 0.25) is 5.02 Å². The van der Waals surface area contributed by atoms with E-state index in [9.17, 15) is 4.79 Å². The summed E-state index contributed by atoms with van der Waals surface area (Å²) < 4.78 is 0. The van der Waals surface area contributed by atoms with Gasteiger partial charge in [0.05, 0.1) is 11.9 Å². The first-order chi connectivity index (χ1) is 13.5. The molecule has 3 rings (SSSR count). The van der Waals surface area contributed by atoms with E-state index >= 15 is 0 Å². The van der Waals surface area contributed by atoms with Gasteiger partial charge in [-0.15, -0.1) is 0 Å². The van der Waals surface area contributed by atoms with Crippen LogP contribution in [-0.4, -0.2) is 22.2 Å². The quantitative estimate of drug-likeness (QED) is 0.462. The van der Waals surface area contributed by atoms with Crippen molar-refractivity contribution in [2.24, 2.45) is 0 Å². The standard InChI is InChI=1S/C20H19ClN6O/c1-13-7-17(5-6-23-13)26-18-12-24-19(9-15(18)10-22)27-20(28)25-11-14-3-2-4-16(21)8-14/h2-10,12,22H,11H2,1H3,(H,23,26)(H2,24,25,27,28). The minimum absolute atomic E-state index is 0.338. The maximum absolute atomic E-state index is 12.1. The van der Waals surface area contributed by atoms with Gasteiger partial charge in [-0.1, -0.05) is 23.7 Å². The summed E-state index contributed by atoms with van der Waals surface area (Å²) in [7, 11) is 0. The first kappa shape index (κ1) is 19.3. The van der Waals surface area contributed by atoms with Gasteiger partial charge < -0.3 is 16.0 Å². The number of nitrogens with one attached hydrogen (secondary N) is 4. The average molecular weight is 395 g/mol. The van der Waals surface area contributed by atoms with Crippen molar-refractivity contribution in [3.63, 3.8) is 0 Å². The van der Waals surface area contributed by atoms with Crippen LogP contribution in [0.3, 0.4) is 0 Å². The number of hydrogen-bond acceptors (Lipinski definition) is 5. The SMILES string of the molecule is Cc1cc(Nc2cnc(NC(=O)NCc3cccc(Cl)c3)cc2C=N)ccn1. The molecule has 1 aromatic carbocycles. The fourth-order valence-corrected chi connectivity index (χ4v) is 2.74. The van der Waals surface area contributed by atoms with Gasteiger partial charge in [-0.3, -0.25) is 10.3 Å². The number of halogens is 1. The van der Waals surface area contributed by atoms with Gasteiger partial charge in [0, 0.05) is 40.9 Å². The topological polar surface area (TPSA) is 103 Å². The zero-order chi connectivity index (χ0) is 19.9. The van der Waals surface area contributed by atoms with E-state index in [2.05, 4.69) is 25.9 Å². The molecular weight excluding hydrogens is 376 g/mol. The molecule has 2 aromatic heterocycles. The number of nitrogens with zero attached hydrogens (tertiary/aromatic N) is 2. The molecule has 0 radical (unpaired) electrons. The van der Waals surface area contributed by atoms with Crippen molar-refractivity contribution in [2.45, 2.75) is 13.5 Å². The number of anilines is 3. The highest BCUT2D eigenvalue weighted by Crippen LogP contribution is 2.21. The molecule has 0 atom stereocenters. The van der Waals surface area contributed by atoms with Crippen LogP contribution in [0.15, 0.2) is 54.9 Å². The lowest BCUT2D eigenvalue weighted by Gasteiger charge is -2.12. The molecule has 0 saturated heterocycles. The lowest BCUT2D eigenvalue weighted by atomic mass is 10.2. The molecule has 142 valence electrons. The van der Waals surface area contributed by atoms with Gasteiger partial charge in [0.2, 0.25) is 0 Å². The van der Waals surface area contributed by atoms with Crippen LogP contribution in [0, 0.1) is 12.3 Å². The molecule has 0 spiro atoms. The van der Waals surface area contributed by atoms with Gasteiger partial charge in [0.1, 0.15) is 5.82 Å². The summed E-state index contributed by atoms with van der Waals surface area (Å²) in [6.07, 6.45) is 4.48. The molecule has 0 bridgehead atoms. The smallest absolute Gasteiger partial charge is 0.320 e. The van der Waals surface area contributed by atoms with Gasteiger partial charge in [-0.2, -0.15) is 0 Å². The summed E-state index contributed by atoms with van der Waals surface area (Å²) in [4.78, 5) is 20.5. The Kier molecular flexibility index (Phi) is 6.18. The highest BCUT2D eigenvalue weighted by molar-refractivity contribution is 6.30. The van der Waals surface area contributed by atoms with Crippen LogP contribution >= 0.6 is 11.6 Å². The van der Waals surface area contributed by atoms with Crippen molar-refractivity contribution in [3.8, 4) is 0 Å². The molecule has 7 nitrogen and oxygen atoms in total. The Hall–Kier alpha value is -3.45. The number of urea groups is 1. The number of carbonyl (C=O) groups is 1. The normalized spacial score (nSPS) is 10.2. The summed E-state index contributed by atoms with van der Waals surface area (Å²) in [5.74, 6) is 0.346. The van der Waals surface area contributed by atoms with Crippen LogP contribution in [0.5, 0.6) is 0 Å². The number of pyridine rings is 2. The van der Waals surface area contributed by atoms with Crippen molar-refractivity contribution >= 4 is 41.0 Å². The van der Waals surface area contributed by atoms with Crippen LogP contribution in [0.1, 0.15) is 16.8 Å². The Morgan fingerprint density at radius 3 is 2.82 bits per heavy atom. The number of amides is 2. The third kappa shape index (κ3) is 5.28. The summed E-state index contributed by atoms with van der Waals surface area (Å²) in [6.45, 7) is 2.24. The molecule has 2 heterocycles. The maximum Gasteiger partial charge on any atom is 0.320 e. The molecule has 2 amide bonds. The second kappa shape index (κ2) is 8.96. The van der Waals surface area contributed by atoms with E-state index in [0.29, 0.717) is 28.6 Å². The highest BCUT2D eigenvalue weighted by atomic mass is 35.5. The Morgan fingerprint density at radius 1 is 1.21 bits per heavy atom. The number of benzene rings is 1. The maximum atomic E-state index is 12.1. The Labute approximate surface area is 167 Å². The molecule has 28 heavy (non-hydrogen) atoms. The summed E-state index contributed by atoms with van der Waals surface area (Å²) >= 11 is 5.94.